The van der Waals surface area contributed by atoms with Gasteiger partial charge in [-0.2, -0.15) is 0 Å². The van der Waals surface area contributed by atoms with Gasteiger partial charge in [-0.05, 0) is 12.8 Å². The van der Waals surface area contributed by atoms with E-state index in [1.165, 1.54) is 0 Å². The number of hydrogen-bond donors (Lipinski definition) is 0. The van der Waals surface area contributed by atoms with Crippen LogP contribution >= 0.6 is 0 Å². The topological polar surface area (TPSA) is 38.5 Å². The van der Waals surface area contributed by atoms with Crippen LogP contribution in [0.5, 0.6) is 0 Å². The Labute approximate surface area is 97.6 Å². The van der Waals surface area contributed by atoms with Crippen molar-refractivity contribution in [2.24, 2.45) is 5.92 Å². The average Bonchev–Trinajstić information content (AvgIpc) is 2.59. The van der Waals surface area contributed by atoms with E-state index >= 15 is 0 Å². The molecule has 92 valence electrons. The molecule has 0 unspecified atom stereocenters. The van der Waals surface area contributed by atoms with Crippen molar-refractivity contribution in [2.75, 3.05) is 26.8 Å². The molecule has 0 N–H and O–H groups in total. The Morgan fingerprint density at radius 3 is 2.75 bits per heavy atom. The molecule has 0 fully saturated rings. The largest absolute Gasteiger partial charge is 0.383 e. The summed E-state index contributed by atoms with van der Waals surface area (Å²) in [5, 5.41) is 3.90. The van der Waals surface area contributed by atoms with Crippen molar-refractivity contribution in [3.05, 3.63) is 17.5 Å². The normalized spacial score (nSPS) is 11.6. The van der Waals surface area contributed by atoms with Crippen molar-refractivity contribution in [1.29, 1.82) is 0 Å². The Balaban J connectivity index is 2.48. The summed E-state index contributed by atoms with van der Waals surface area (Å²) < 4.78 is 10.3. The average molecular weight is 226 g/mol. The molecule has 1 aromatic rings. The molecule has 0 saturated carbocycles. The van der Waals surface area contributed by atoms with Gasteiger partial charge in [0.1, 0.15) is 0 Å². The van der Waals surface area contributed by atoms with Crippen LogP contribution in [0.4, 0.5) is 0 Å². The van der Waals surface area contributed by atoms with Gasteiger partial charge in [0, 0.05) is 26.3 Å². The van der Waals surface area contributed by atoms with Crippen LogP contribution in [0.3, 0.4) is 0 Å². The summed E-state index contributed by atoms with van der Waals surface area (Å²) in [6.07, 6.45) is 0. The van der Waals surface area contributed by atoms with Crippen LogP contribution in [0, 0.1) is 12.8 Å². The third-order valence-electron chi connectivity index (χ3n) is 2.29. The maximum atomic E-state index is 5.22. The molecule has 1 heterocycles. The lowest BCUT2D eigenvalue weighted by Crippen LogP contribution is -2.30. The van der Waals surface area contributed by atoms with E-state index in [-0.39, 0.29) is 0 Å². The number of ether oxygens (including phenoxy) is 1. The molecule has 0 aromatic carbocycles. The Kier molecular flexibility index (Phi) is 5.49. The second-order valence-electron chi connectivity index (χ2n) is 4.56. The molecule has 1 rings (SSSR count). The minimum atomic E-state index is 0.640. The molecular weight excluding hydrogens is 204 g/mol. The smallest absolute Gasteiger partial charge is 0.150 e. The van der Waals surface area contributed by atoms with Crippen molar-refractivity contribution in [1.82, 2.24) is 10.1 Å². The number of rotatable bonds is 7. The molecule has 0 spiro atoms. The Morgan fingerprint density at radius 2 is 2.25 bits per heavy atom. The zero-order valence-corrected chi connectivity index (χ0v) is 10.7. The summed E-state index contributed by atoms with van der Waals surface area (Å²) in [5.41, 5.74) is 0.936. The molecule has 16 heavy (non-hydrogen) atoms. The third kappa shape index (κ3) is 4.77. The zero-order chi connectivity index (χ0) is 12.0. The lowest BCUT2D eigenvalue weighted by molar-refractivity contribution is 0.129. The lowest BCUT2D eigenvalue weighted by Gasteiger charge is -2.22. The Morgan fingerprint density at radius 1 is 1.50 bits per heavy atom. The Hall–Kier alpha value is -0.870. The SMILES string of the molecule is COCCN(Cc1cc(C)no1)CC(C)C. The molecule has 4 heteroatoms. The van der Waals surface area contributed by atoms with Gasteiger partial charge in [0.05, 0.1) is 18.8 Å². The predicted molar refractivity (Wildman–Crippen MR) is 63.2 cm³/mol. The third-order valence-corrected chi connectivity index (χ3v) is 2.29. The highest BCUT2D eigenvalue weighted by Gasteiger charge is 2.10. The number of methoxy groups -OCH3 is 1. The maximum absolute atomic E-state index is 5.22. The van der Waals surface area contributed by atoms with Gasteiger partial charge < -0.3 is 9.26 Å². The van der Waals surface area contributed by atoms with Gasteiger partial charge in [-0.15, -0.1) is 0 Å². The van der Waals surface area contributed by atoms with Crippen LogP contribution in [-0.4, -0.2) is 36.9 Å². The maximum Gasteiger partial charge on any atom is 0.150 e. The lowest BCUT2D eigenvalue weighted by atomic mass is 10.2. The van der Waals surface area contributed by atoms with Gasteiger partial charge in [-0.1, -0.05) is 19.0 Å². The minimum Gasteiger partial charge on any atom is -0.383 e. The molecule has 0 saturated heterocycles. The molecule has 0 amide bonds. The predicted octanol–water partition coefficient (Wildman–Crippen LogP) is 2.09. The Bertz CT molecular complexity index is 297. The first kappa shape index (κ1) is 13.2. The standard InChI is InChI=1S/C12H22N2O2/c1-10(2)8-14(5-6-15-4)9-12-7-11(3)13-16-12/h7,10H,5-6,8-9H2,1-4H3. The van der Waals surface area contributed by atoms with Crippen LogP contribution < -0.4 is 0 Å². The van der Waals surface area contributed by atoms with Crippen molar-refractivity contribution < 1.29 is 9.26 Å². The molecule has 0 aliphatic carbocycles. The first-order valence-electron chi connectivity index (χ1n) is 5.75. The number of nitrogens with zero attached hydrogens (tertiary/aromatic N) is 2. The molecule has 0 radical (unpaired) electrons. The van der Waals surface area contributed by atoms with Crippen LogP contribution in [0.25, 0.3) is 0 Å². The zero-order valence-electron chi connectivity index (χ0n) is 10.7. The first-order valence-corrected chi connectivity index (χ1v) is 5.75. The van der Waals surface area contributed by atoms with Gasteiger partial charge in [0.25, 0.3) is 0 Å². The van der Waals surface area contributed by atoms with E-state index in [1.54, 1.807) is 7.11 Å². The van der Waals surface area contributed by atoms with Crippen molar-refractivity contribution >= 4 is 0 Å². The molecule has 0 aliphatic rings. The minimum absolute atomic E-state index is 0.640. The van der Waals surface area contributed by atoms with E-state index in [4.69, 9.17) is 9.26 Å². The summed E-state index contributed by atoms with van der Waals surface area (Å²) in [7, 11) is 1.73. The quantitative estimate of drug-likeness (QED) is 0.713. The number of aromatic nitrogens is 1. The fourth-order valence-electron chi connectivity index (χ4n) is 1.68. The molecule has 4 nitrogen and oxygen atoms in total. The highest BCUT2D eigenvalue weighted by atomic mass is 16.5. The van der Waals surface area contributed by atoms with Crippen molar-refractivity contribution in [2.45, 2.75) is 27.3 Å². The van der Waals surface area contributed by atoms with E-state index in [9.17, 15) is 0 Å². The van der Waals surface area contributed by atoms with Crippen molar-refractivity contribution in [3.8, 4) is 0 Å². The van der Waals surface area contributed by atoms with E-state index in [0.29, 0.717) is 5.92 Å². The molecule has 0 bridgehead atoms. The molecule has 1 aromatic heterocycles. The molecule has 0 atom stereocenters. The monoisotopic (exact) mass is 226 g/mol. The van der Waals surface area contributed by atoms with Gasteiger partial charge in [0.15, 0.2) is 5.76 Å². The van der Waals surface area contributed by atoms with E-state index in [0.717, 1.165) is 37.7 Å². The fourth-order valence-corrected chi connectivity index (χ4v) is 1.68. The number of hydrogen-bond acceptors (Lipinski definition) is 4. The van der Waals surface area contributed by atoms with Crippen LogP contribution in [-0.2, 0) is 11.3 Å². The highest BCUT2D eigenvalue weighted by Crippen LogP contribution is 2.08. The summed E-state index contributed by atoms with van der Waals surface area (Å²) >= 11 is 0. The summed E-state index contributed by atoms with van der Waals surface area (Å²) in [6.45, 7) is 9.89. The second kappa shape index (κ2) is 6.66. The van der Waals surface area contributed by atoms with Crippen LogP contribution in [0.15, 0.2) is 10.6 Å². The van der Waals surface area contributed by atoms with Gasteiger partial charge in [-0.3, -0.25) is 4.90 Å². The summed E-state index contributed by atoms with van der Waals surface area (Å²) in [5.74, 6) is 1.56. The van der Waals surface area contributed by atoms with E-state index < -0.39 is 0 Å². The van der Waals surface area contributed by atoms with E-state index in [2.05, 4.69) is 23.9 Å². The highest BCUT2D eigenvalue weighted by molar-refractivity contribution is 5.02. The van der Waals surface area contributed by atoms with Crippen LogP contribution in [0.2, 0.25) is 0 Å². The molecular formula is C12H22N2O2. The second-order valence-corrected chi connectivity index (χ2v) is 4.56. The number of aryl methyl sites for hydroxylation is 1. The van der Waals surface area contributed by atoms with Gasteiger partial charge >= 0.3 is 0 Å². The fraction of sp³-hybridized carbons (Fsp3) is 0.750. The van der Waals surface area contributed by atoms with Gasteiger partial charge in [-0.25, -0.2) is 0 Å². The van der Waals surface area contributed by atoms with Gasteiger partial charge in [0.2, 0.25) is 0 Å². The van der Waals surface area contributed by atoms with E-state index in [1.807, 2.05) is 13.0 Å². The molecule has 0 aliphatic heterocycles. The summed E-state index contributed by atoms with van der Waals surface area (Å²) in [6, 6.07) is 1.99. The summed E-state index contributed by atoms with van der Waals surface area (Å²) in [4.78, 5) is 2.33. The van der Waals surface area contributed by atoms with Crippen LogP contribution in [0.1, 0.15) is 25.3 Å². The van der Waals surface area contributed by atoms with Crippen molar-refractivity contribution in [3.63, 3.8) is 0 Å². The first-order chi connectivity index (χ1) is 7.61.